The summed E-state index contributed by atoms with van der Waals surface area (Å²) in [5.74, 6) is 0.965. The lowest BCUT2D eigenvalue weighted by molar-refractivity contribution is -0.00000450. The third-order valence-electron chi connectivity index (χ3n) is 4.04. The summed E-state index contributed by atoms with van der Waals surface area (Å²) in [7, 11) is 0. The highest BCUT2D eigenvalue weighted by atomic mass is 35.5. The molecular formula is C19H21ClN3-. The topological polar surface area (TPSA) is 42.2 Å². The Balaban J connectivity index is 0.00000192. The van der Waals surface area contributed by atoms with Crippen LogP contribution in [0.25, 0.3) is 22.0 Å². The number of aromatic nitrogens is 1. The van der Waals surface area contributed by atoms with Crippen molar-refractivity contribution in [2.45, 2.75) is 13.8 Å². The van der Waals surface area contributed by atoms with Crippen molar-refractivity contribution in [1.82, 2.24) is 4.98 Å². The van der Waals surface area contributed by atoms with Crippen LogP contribution in [-0.4, -0.2) is 18.1 Å². The summed E-state index contributed by atoms with van der Waals surface area (Å²) < 4.78 is 0. The fraction of sp³-hybridized carbons (Fsp3) is 0.211. The molecule has 0 aliphatic heterocycles. The van der Waals surface area contributed by atoms with E-state index >= 15 is 0 Å². The molecule has 3 nitrogen and oxygen atoms in total. The molecule has 2 aromatic carbocycles. The average Bonchev–Trinajstić information content (AvgIpc) is 2.57. The molecule has 1 aromatic heterocycles. The van der Waals surface area contributed by atoms with Gasteiger partial charge >= 0.3 is 0 Å². The number of nitrogens with zero attached hydrogens (tertiary/aromatic N) is 2. The molecule has 0 atom stereocenters. The van der Waals surface area contributed by atoms with Gasteiger partial charge in [0, 0.05) is 24.0 Å². The Hall–Kier alpha value is -2.26. The van der Waals surface area contributed by atoms with E-state index in [1.54, 1.807) is 0 Å². The third kappa shape index (κ3) is 3.10. The molecule has 3 aromatic rings. The molecule has 0 aliphatic rings. The quantitative estimate of drug-likeness (QED) is 0.786. The van der Waals surface area contributed by atoms with Gasteiger partial charge in [-0.05, 0) is 25.5 Å². The van der Waals surface area contributed by atoms with Gasteiger partial charge in [0.25, 0.3) is 0 Å². The monoisotopic (exact) mass is 326 g/mol. The number of nitrogen functional groups attached to an aromatic ring is 1. The number of hydrogen-bond acceptors (Lipinski definition) is 3. The van der Waals surface area contributed by atoms with Crippen molar-refractivity contribution < 1.29 is 12.4 Å². The van der Waals surface area contributed by atoms with Crippen LogP contribution < -0.4 is 23.0 Å². The molecule has 0 unspecified atom stereocenters. The van der Waals surface area contributed by atoms with Crippen molar-refractivity contribution in [1.29, 1.82) is 0 Å². The molecule has 0 amide bonds. The second kappa shape index (κ2) is 7.34. The predicted octanol–water partition coefficient (Wildman–Crippen LogP) is 1.33. The molecule has 0 radical (unpaired) electrons. The first-order chi connectivity index (χ1) is 10.8. The van der Waals surface area contributed by atoms with Crippen LogP contribution in [0.1, 0.15) is 13.8 Å². The molecule has 2 N–H and O–H groups in total. The van der Waals surface area contributed by atoms with E-state index in [0.29, 0.717) is 0 Å². The number of halogens is 1. The lowest BCUT2D eigenvalue weighted by atomic mass is 10.0. The van der Waals surface area contributed by atoms with Crippen LogP contribution in [0.4, 0.5) is 11.5 Å². The van der Waals surface area contributed by atoms with Crippen LogP contribution in [0.5, 0.6) is 0 Å². The summed E-state index contributed by atoms with van der Waals surface area (Å²) in [6.07, 6.45) is 0. The van der Waals surface area contributed by atoms with Gasteiger partial charge in [0.05, 0.1) is 11.2 Å². The van der Waals surface area contributed by atoms with E-state index in [9.17, 15) is 0 Å². The Kier molecular flexibility index (Phi) is 5.45. The van der Waals surface area contributed by atoms with Crippen molar-refractivity contribution >= 4 is 22.4 Å². The largest absolute Gasteiger partial charge is 1.00 e. The first-order valence-electron chi connectivity index (χ1n) is 7.74. The maximum absolute atomic E-state index is 6.53. The Labute approximate surface area is 143 Å². The minimum Gasteiger partial charge on any atom is -1.00 e. The first-order valence-corrected chi connectivity index (χ1v) is 7.74. The van der Waals surface area contributed by atoms with Crippen LogP contribution in [-0.2, 0) is 0 Å². The minimum atomic E-state index is 0. The zero-order valence-corrected chi connectivity index (χ0v) is 14.2. The van der Waals surface area contributed by atoms with E-state index in [1.807, 2.05) is 42.5 Å². The van der Waals surface area contributed by atoms with Gasteiger partial charge in [-0.15, -0.1) is 0 Å². The van der Waals surface area contributed by atoms with Crippen molar-refractivity contribution in [2.75, 3.05) is 23.7 Å². The Morgan fingerprint density at radius 3 is 2.17 bits per heavy atom. The maximum Gasteiger partial charge on any atom is 0.139 e. The summed E-state index contributed by atoms with van der Waals surface area (Å²) in [6, 6.07) is 18.3. The minimum absolute atomic E-state index is 0. The number of hydrogen-bond donors (Lipinski definition) is 1. The Morgan fingerprint density at radius 2 is 1.52 bits per heavy atom. The van der Waals surface area contributed by atoms with Gasteiger partial charge < -0.3 is 23.0 Å². The number of fused-ring (bicyclic) bond motifs is 1. The van der Waals surface area contributed by atoms with E-state index in [1.165, 1.54) is 0 Å². The van der Waals surface area contributed by atoms with Crippen LogP contribution in [0.3, 0.4) is 0 Å². The van der Waals surface area contributed by atoms with Crippen LogP contribution in [0.2, 0.25) is 0 Å². The molecule has 0 fully saturated rings. The highest BCUT2D eigenvalue weighted by Gasteiger charge is 2.17. The molecule has 23 heavy (non-hydrogen) atoms. The second-order valence-electron chi connectivity index (χ2n) is 5.28. The normalized spacial score (nSPS) is 10.3. The van der Waals surface area contributed by atoms with Gasteiger partial charge in [-0.25, -0.2) is 4.98 Å². The molecule has 1 heterocycles. The van der Waals surface area contributed by atoms with Crippen LogP contribution in [0.15, 0.2) is 54.6 Å². The fourth-order valence-electron chi connectivity index (χ4n) is 2.87. The zero-order valence-electron chi connectivity index (χ0n) is 13.5. The summed E-state index contributed by atoms with van der Waals surface area (Å²) in [5.41, 5.74) is 10.4. The highest BCUT2D eigenvalue weighted by Crippen LogP contribution is 2.38. The fourth-order valence-corrected chi connectivity index (χ4v) is 2.87. The van der Waals surface area contributed by atoms with E-state index < -0.39 is 0 Å². The molecule has 0 spiro atoms. The number of anilines is 2. The van der Waals surface area contributed by atoms with Crippen molar-refractivity contribution in [2.24, 2.45) is 0 Å². The number of para-hydroxylation sites is 1. The predicted molar refractivity (Wildman–Crippen MR) is 95.2 cm³/mol. The van der Waals surface area contributed by atoms with Gasteiger partial charge in [-0.1, -0.05) is 48.5 Å². The van der Waals surface area contributed by atoms with Crippen LogP contribution in [0, 0.1) is 0 Å². The highest BCUT2D eigenvalue weighted by molar-refractivity contribution is 6.02. The molecule has 0 bridgehead atoms. The summed E-state index contributed by atoms with van der Waals surface area (Å²) >= 11 is 0. The lowest BCUT2D eigenvalue weighted by Crippen LogP contribution is -3.00. The zero-order chi connectivity index (χ0) is 15.5. The van der Waals surface area contributed by atoms with E-state index in [4.69, 9.17) is 10.7 Å². The summed E-state index contributed by atoms with van der Waals surface area (Å²) in [4.78, 5) is 7.16. The number of pyridine rings is 1. The van der Waals surface area contributed by atoms with Gasteiger partial charge in [-0.3, -0.25) is 0 Å². The van der Waals surface area contributed by atoms with E-state index in [-0.39, 0.29) is 12.4 Å². The average molecular weight is 327 g/mol. The van der Waals surface area contributed by atoms with E-state index in [0.717, 1.165) is 46.6 Å². The Morgan fingerprint density at radius 1 is 0.913 bits per heavy atom. The van der Waals surface area contributed by atoms with Crippen LogP contribution >= 0.6 is 0 Å². The Bertz CT molecular complexity index is 783. The van der Waals surface area contributed by atoms with Gasteiger partial charge in [0.2, 0.25) is 0 Å². The number of nitrogens with two attached hydrogens (primary N) is 1. The molecule has 0 saturated carbocycles. The molecular weight excluding hydrogens is 306 g/mol. The van der Waals surface area contributed by atoms with E-state index in [2.05, 4.69) is 30.9 Å². The van der Waals surface area contributed by atoms with Gasteiger partial charge in [0.1, 0.15) is 5.82 Å². The molecule has 0 aliphatic carbocycles. The standard InChI is InChI=1S/C19H21N3.ClH/c1-3-22(4-2)19-17(14-10-6-5-7-11-14)18(20)15-12-8-9-13-16(15)21-19;/h5-13H,3-4H2,1-2H3,(H2,20,21);1H/p-1. The van der Waals surface area contributed by atoms with Crippen molar-refractivity contribution in [3.63, 3.8) is 0 Å². The van der Waals surface area contributed by atoms with Crippen molar-refractivity contribution in [3.8, 4) is 11.1 Å². The lowest BCUT2D eigenvalue weighted by Gasteiger charge is -2.25. The maximum atomic E-state index is 6.53. The summed E-state index contributed by atoms with van der Waals surface area (Å²) in [6.45, 7) is 6.10. The molecule has 120 valence electrons. The smallest absolute Gasteiger partial charge is 0.139 e. The third-order valence-corrected chi connectivity index (χ3v) is 4.04. The van der Waals surface area contributed by atoms with Crippen molar-refractivity contribution in [3.05, 3.63) is 54.6 Å². The van der Waals surface area contributed by atoms with Gasteiger partial charge in [0.15, 0.2) is 0 Å². The molecule has 0 saturated heterocycles. The summed E-state index contributed by atoms with van der Waals surface area (Å²) in [5, 5.41) is 1.01. The molecule has 4 heteroatoms. The first kappa shape index (κ1) is 17.1. The number of benzene rings is 2. The molecule has 3 rings (SSSR count). The second-order valence-corrected chi connectivity index (χ2v) is 5.28. The number of rotatable bonds is 4. The SMILES string of the molecule is CCN(CC)c1nc2ccccc2c(N)c1-c1ccccc1.[Cl-]. The van der Waals surface area contributed by atoms with Gasteiger partial charge in [-0.2, -0.15) is 0 Å².